The Hall–Kier alpha value is -1.58. The van der Waals surface area contributed by atoms with E-state index in [2.05, 4.69) is 22.1 Å². The van der Waals surface area contributed by atoms with E-state index in [1.807, 2.05) is 19.1 Å². The fraction of sp³-hybridized carbons (Fsp3) is 0.571. The van der Waals surface area contributed by atoms with Crippen LogP contribution in [0.25, 0.3) is 0 Å². The number of nitrogens with zero attached hydrogens (tertiary/aromatic N) is 2. The Kier molecular flexibility index (Phi) is 4.18. The Morgan fingerprint density at radius 2 is 2.39 bits per heavy atom. The van der Waals surface area contributed by atoms with Crippen molar-refractivity contribution in [1.82, 2.24) is 10.3 Å². The van der Waals surface area contributed by atoms with Crippen molar-refractivity contribution in [1.29, 1.82) is 0 Å². The summed E-state index contributed by atoms with van der Waals surface area (Å²) in [5.74, 6) is 1.65. The van der Waals surface area contributed by atoms with Crippen molar-refractivity contribution in [2.45, 2.75) is 26.7 Å². The number of hydrogen-bond acceptors (Lipinski definition) is 3. The second kappa shape index (κ2) is 5.85. The SMILES string of the molecule is CCNC(=O)c1ccc(N2CCCC(C)C2)nc1. The summed E-state index contributed by atoms with van der Waals surface area (Å²) in [5, 5.41) is 2.78. The largest absolute Gasteiger partial charge is 0.356 e. The van der Waals surface area contributed by atoms with Crippen molar-refractivity contribution in [2.24, 2.45) is 5.92 Å². The van der Waals surface area contributed by atoms with Crippen molar-refractivity contribution in [3.63, 3.8) is 0 Å². The van der Waals surface area contributed by atoms with Crippen LogP contribution in [0.2, 0.25) is 0 Å². The van der Waals surface area contributed by atoms with Gasteiger partial charge in [0, 0.05) is 25.8 Å². The zero-order chi connectivity index (χ0) is 13.0. The normalized spacial score (nSPS) is 19.7. The van der Waals surface area contributed by atoms with Gasteiger partial charge in [0.1, 0.15) is 5.82 Å². The molecule has 1 fully saturated rings. The highest BCUT2D eigenvalue weighted by Crippen LogP contribution is 2.21. The van der Waals surface area contributed by atoms with E-state index in [1.54, 1.807) is 6.20 Å². The Labute approximate surface area is 108 Å². The Morgan fingerprint density at radius 3 is 3.00 bits per heavy atom. The van der Waals surface area contributed by atoms with E-state index in [0.717, 1.165) is 24.8 Å². The first-order valence-corrected chi connectivity index (χ1v) is 6.70. The van der Waals surface area contributed by atoms with Crippen LogP contribution in [0.4, 0.5) is 5.82 Å². The summed E-state index contributed by atoms with van der Waals surface area (Å²) < 4.78 is 0. The molecule has 4 nitrogen and oxygen atoms in total. The third kappa shape index (κ3) is 3.00. The average Bonchev–Trinajstić information content (AvgIpc) is 2.39. The first-order chi connectivity index (χ1) is 8.70. The minimum atomic E-state index is -0.0523. The molecule has 1 aliphatic heterocycles. The topological polar surface area (TPSA) is 45.2 Å². The molecule has 2 rings (SSSR count). The maximum atomic E-state index is 11.6. The highest BCUT2D eigenvalue weighted by Gasteiger charge is 2.17. The molecule has 1 aromatic heterocycles. The number of carbonyl (C=O) groups excluding carboxylic acids is 1. The predicted molar refractivity (Wildman–Crippen MR) is 72.9 cm³/mol. The Bertz CT molecular complexity index is 402. The van der Waals surface area contributed by atoms with Crippen LogP contribution < -0.4 is 10.2 Å². The van der Waals surface area contributed by atoms with Gasteiger partial charge in [0.2, 0.25) is 0 Å². The molecule has 4 heteroatoms. The lowest BCUT2D eigenvalue weighted by Gasteiger charge is -2.31. The van der Waals surface area contributed by atoms with Crippen LogP contribution in [-0.2, 0) is 0 Å². The van der Waals surface area contributed by atoms with E-state index < -0.39 is 0 Å². The molecule has 0 bridgehead atoms. The minimum absolute atomic E-state index is 0.0523. The molecule has 1 N–H and O–H groups in total. The molecular formula is C14H21N3O. The third-order valence-electron chi connectivity index (χ3n) is 3.33. The molecule has 1 aliphatic rings. The summed E-state index contributed by atoms with van der Waals surface area (Å²) in [6, 6.07) is 3.80. The summed E-state index contributed by atoms with van der Waals surface area (Å²) in [6.45, 7) is 6.96. The fourth-order valence-corrected chi connectivity index (χ4v) is 2.37. The van der Waals surface area contributed by atoms with Gasteiger partial charge in [-0.2, -0.15) is 0 Å². The van der Waals surface area contributed by atoms with Gasteiger partial charge in [-0.15, -0.1) is 0 Å². The molecule has 1 saturated heterocycles. The number of rotatable bonds is 3. The second-order valence-corrected chi connectivity index (χ2v) is 4.96. The molecule has 1 amide bonds. The van der Waals surface area contributed by atoms with E-state index in [0.29, 0.717) is 12.1 Å². The maximum Gasteiger partial charge on any atom is 0.252 e. The number of aromatic nitrogens is 1. The first kappa shape index (κ1) is 12.9. The summed E-state index contributed by atoms with van der Waals surface area (Å²) in [4.78, 5) is 18.3. The van der Waals surface area contributed by atoms with Gasteiger partial charge in [-0.1, -0.05) is 6.92 Å². The van der Waals surface area contributed by atoms with Crippen molar-refractivity contribution in [3.8, 4) is 0 Å². The van der Waals surface area contributed by atoms with Crippen LogP contribution in [0.1, 0.15) is 37.0 Å². The highest BCUT2D eigenvalue weighted by atomic mass is 16.1. The lowest BCUT2D eigenvalue weighted by atomic mass is 10.0. The highest BCUT2D eigenvalue weighted by molar-refractivity contribution is 5.93. The van der Waals surface area contributed by atoms with Gasteiger partial charge >= 0.3 is 0 Å². The molecule has 0 aromatic carbocycles. The zero-order valence-electron chi connectivity index (χ0n) is 11.1. The Morgan fingerprint density at radius 1 is 1.56 bits per heavy atom. The maximum absolute atomic E-state index is 11.6. The summed E-state index contributed by atoms with van der Waals surface area (Å²) in [5.41, 5.74) is 0.630. The van der Waals surface area contributed by atoms with E-state index in [4.69, 9.17) is 0 Å². The molecule has 0 aliphatic carbocycles. The summed E-state index contributed by atoms with van der Waals surface area (Å²) in [7, 11) is 0. The van der Waals surface area contributed by atoms with Gasteiger partial charge < -0.3 is 10.2 Å². The molecule has 0 spiro atoms. The van der Waals surface area contributed by atoms with Crippen LogP contribution in [0.5, 0.6) is 0 Å². The van der Waals surface area contributed by atoms with Gasteiger partial charge in [0.15, 0.2) is 0 Å². The lowest BCUT2D eigenvalue weighted by molar-refractivity contribution is 0.0955. The molecular weight excluding hydrogens is 226 g/mol. The van der Waals surface area contributed by atoms with Crippen LogP contribution in [-0.4, -0.2) is 30.5 Å². The number of piperidine rings is 1. The van der Waals surface area contributed by atoms with E-state index in [1.165, 1.54) is 12.8 Å². The second-order valence-electron chi connectivity index (χ2n) is 4.96. The van der Waals surface area contributed by atoms with E-state index >= 15 is 0 Å². The molecule has 98 valence electrons. The lowest BCUT2D eigenvalue weighted by Crippen LogP contribution is -2.34. The number of pyridine rings is 1. The average molecular weight is 247 g/mol. The monoisotopic (exact) mass is 247 g/mol. The minimum Gasteiger partial charge on any atom is -0.356 e. The van der Waals surface area contributed by atoms with Crippen LogP contribution >= 0.6 is 0 Å². The van der Waals surface area contributed by atoms with Crippen LogP contribution in [0.3, 0.4) is 0 Å². The third-order valence-corrected chi connectivity index (χ3v) is 3.33. The summed E-state index contributed by atoms with van der Waals surface area (Å²) >= 11 is 0. The molecule has 1 unspecified atom stereocenters. The molecule has 1 aromatic rings. The van der Waals surface area contributed by atoms with Gasteiger partial charge in [-0.25, -0.2) is 4.98 Å². The zero-order valence-corrected chi connectivity index (χ0v) is 11.1. The number of carbonyl (C=O) groups is 1. The van der Waals surface area contributed by atoms with Crippen molar-refractivity contribution >= 4 is 11.7 Å². The van der Waals surface area contributed by atoms with Gasteiger partial charge in [-0.3, -0.25) is 4.79 Å². The molecule has 1 atom stereocenters. The number of amides is 1. The summed E-state index contributed by atoms with van der Waals surface area (Å²) in [6.07, 6.45) is 4.19. The smallest absolute Gasteiger partial charge is 0.252 e. The number of nitrogens with one attached hydrogen (secondary N) is 1. The first-order valence-electron chi connectivity index (χ1n) is 6.70. The van der Waals surface area contributed by atoms with Crippen molar-refractivity contribution in [2.75, 3.05) is 24.5 Å². The quantitative estimate of drug-likeness (QED) is 0.889. The number of hydrogen-bond donors (Lipinski definition) is 1. The number of anilines is 1. The Balaban J connectivity index is 2.05. The van der Waals surface area contributed by atoms with E-state index in [9.17, 15) is 4.79 Å². The molecule has 18 heavy (non-hydrogen) atoms. The fourth-order valence-electron chi connectivity index (χ4n) is 2.37. The van der Waals surface area contributed by atoms with Crippen molar-refractivity contribution in [3.05, 3.63) is 23.9 Å². The van der Waals surface area contributed by atoms with Crippen LogP contribution in [0.15, 0.2) is 18.3 Å². The molecule has 0 radical (unpaired) electrons. The van der Waals surface area contributed by atoms with Gasteiger partial charge in [-0.05, 0) is 37.8 Å². The predicted octanol–water partition coefficient (Wildman–Crippen LogP) is 2.07. The van der Waals surface area contributed by atoms with Crippen molar-refractivity contribution < 1.29 is 4.79 Å². The molecule has 0 saturated carbocycles. The van der Waals surface area contributed by atoms with Crippen LogP contribution in [0, 0.1) is 5.92 Å². The van der Waals surface area contributed by atoms with E-state index in [-0.39, 0.29) is 5.91 Å². The standard InChI is InChI=1S/C14H21N3O/c1-3-15-14(18)12-6-7-13(16-9-12)17-8-4-5-11(2)10-17/h6-7,9,11H,3-5,8,10H2,1-2H3,(H,15,18). The molecule has 2 heterocycles. The van der Waals surface area contributed by atoms with Gasteiger partial charge in [0.05, 0.1) is 5.56 Å². The van der Waals surface area contributed by atoms with Gasteiger partial charge in [0.25, 0.3) is 5.91 Å².